The first-order valence-corrected chi connectivity index (χ1v) is 13.0. The van der Waals surface area contributed by atoms with E-state index in [0.29, 0.717) is 31.4 Å². The smallest absolute Gasteiger partial charge is 0.453 e. The summed E-state index contributed by atoms with van der Waals surface area (Å²) in [5.74, 6) is 0.694. The van der Waals surface area contributed by atoms with Crippen LogP contribution in [-0.4, -0.2) is 87.4 Å². The Balaban J connectivity index is 1.11. The summed E-state index contributed by atoms with van der Waals surface area (Å²) in [4.78, 5) is 17.9. The fraction of sp³-hybridized carbons (Fsp3) is 0.538. The van der Waals surface area contributed by atoms with Gasteiger partial charge in [-0.05, 0) is 55.5 Å². The van der Waals surface area contributed by atoms with Crippen molar-refractivity contribution in [2.45, 2.75) is 44.8 Å². The fourth-order valence-electron chi connectivity index (χ4n) is 5.40. The molecule has 2 aliphatic heterocycles. The number of benzene rings is 1. The highest BCUT2D eigenvalue weighted by molar-refractivity contribution is 5.73. The van der Waals surface area contributed by atoms with Crippen molar-refractivity contribution in [2.24, 2.45) is 0 Å². The molecular weight excluding hydrogens is 499 g/mol. The highest BCUT2D eigenvalue weighted by Crippen LogP contribution is 2.32. The van der Waals surface area contributed by atoms with Crippen molar-refractivity contribution in [3.63, 3.8) is 0 Å². The Hall–Kier alpha value is -3.41. The van der Waals surface area contributed by atoms with Gasteiger partial charge in [0.05, 0.1) is 0 Å². The van der Waals surface area contributed by atoms with Gasteiger partial charge < -0.3 is 14.5 Å². The van der Waals surface area contributed by atoms with Crippen LogP contribution in [0.3, 0.4) is 0 Å². The number of piperazine rings is 1. The third-order valence-corrected chi connectivity index (χ3v) is 7.47. The Labute approximate surface area is 219 Å². The van der Waals surface area contributed by atoms with Gasteiger partial charge in [-0.1, -0.05) is 12.1 Å². The summed E-state index contributed by atoms with van der Waals surface area (Å²) in [6.45, 7) is 8.96. The summed E-state index contributed by atoms with van der Waals surface area (Å²) in [7, 11) is 0. The molecule has 2 aliphatic rings. The third kappa shape index (κ3) is 5.69. The van der Waals surface area contributed by atoms with Crippen LogP contribution in [0.15, 0.2) is 36.4 Å². The Kier molecular flexibility index (Phi) is 7.42. The molecule has 0 unspecified atom stereocenters. The maximum atomic E-state index is 13.2. The predicted octanol–water partition coefficient (Wildman–Crippen LogP) is 3.46. The fourth-order valence-corrected chi connectivity index (χ4v) is 5.40. The number of hydrogen-bond donors (Lipinski definition) is 0. The van der Waals surface area contributed by atoms with Gasteiger partial charge in [-0.15, -0.1) is 15.3 Å². The van der Waals surface area contributed by atoms with E-state index >= 15 is 0 Å². The Morgan fingerprint density at radius 3 is 2.42 bits per heavy atom. The summed E-state index contributed by atoms with van der Waals surface area (Å²) in [6.07, 6.45) is -2.87. The van der Waals surface area contributed by atoms with Crippen LogP contribution >= 0.6 is 0 Å². The standard InChI is InChI=1S/C26H32F3N7O2/c1-18-17-33(13-14-35(18)19(2)37)15-16-38-22-5-3-20(4-6-22)21-9-11-34(12-10-21)24-8-7-23-30-31-25(26(27,28)29)36(23)32-24/h3-8,18,21H,9-17H2,1-2H3/t18-/m0/s1. The third-order valence-electron chi connectivity index (χ3n) is 7.47. The zero-order chi connectivity index (χ0) is 26.9. The highest BCUT2D eigenvalue weighted by atomic mass is 19.4. The van der Waals surface area contributed by atoms with Crippen molar-refractivity contribution in [2.75, 3.05) is 50.8 Å². The molecule has 12 heteroatoms. The van der Waals surface area contributed by atoms with E-state index in [4.69, 9.17) is 4.74 Å². The van der Waals surface area contributed by atoms with Gasteiger partial charge in [0.2, 0.25) is 5.91 Å². The lowest BCUT2D eigenvalue weighted by Crippen LogP contribution is -2.54. The normalized spacial score (nSPS) is 19.8. The number of rotatable bonds is 6. The Morgan fingerprint density at radius 2 is 1.76 bits per heavy atom. The van der Waals surface area contributed by atoms with Crippen LogP contribution in [0.25, 0.3) is 5.65 Å². The molecular formula is C26H32F3N7O2. The average molecular weight is 532 g/mol. The van der Waals surface area contributed by atoms with Crippen LogP contribution < -0.4 is 9.64 Å². The van der Waals surface area contributed by atoms with Crippen molar-refractivity contribution in [1.29, 1.82) is 0 Å². The molecule has 0 aliphatic carbocycles. The molecule has 3 aromatic rings. The number of anilines is 1. The minimum Gasteiger partial charge on any atom is -0.492 e. The summed E-state index contributed by atoms with van der Waals surface area (Å²) < 4.78 is 46.3. The number of nitrogens with zero attached hydrogens (tertiary/aromatic N) is 7. The number of ether oxygens (including phenoxy) is 1. The first-order valence-electron chi connectivity index (χ1n) is 13.0. The molecule has 4 heterocycles. The molecule has 2 saturated heterocycles. The second-order valence-corrected chi connectivity index (χ2v) is 10.0. The van der Waals surface area contributed by atoms with E-state index in [-0.39, 0.29) is 17.6 Å². The quantitative estimate of drug-likeness (QED) is 0.482. The summed E-state index contributed by atoms with van der Waals surface area (Å²) >= 11 is 0. The molecule has 1 amide bonds. The summed E-state index contributed by atoms with van der Waals surface area (Å²) in [5.41, 5.74) is 1.30. The number of hydrogen-bond acceptors (Lipinski definition) is 7. The lowest BCUT2D eigenvalue weighted by atomic mass is 9.89. The number of alkyl halides is 3. The highest BCUT2D eigenvalue weighted by Gasteiger charge is 2.38. The van der Waals surface area contributed by atoms with E-state index in [9.17, 15) is 18.0 Å². The molecule has 2 aromatic heterocycles. The second kappa shape index (κ2) is 10.8. The van der Waals surface area contributed by atoms with Gasteiger partial charge in [0.25, 0.3) is 5.82 Å². The molecule has 2 fully saturated rings. The number of aromatic nitrogens is 4. The molecule has 1 aromatic carbocycles. The van der Waals surface area contributed by atoms with Gasteiger partial charge in [-0.2, -0.15) is 17.7 Å². The number of carbonyl (C=O) groups is 1. The van der Waals surface area contributed by atoms with Crippen molar-refractivity contribution in [3.8, 4) is 5.75 Å². The molecule has 0 bridgehead atoms. The molecule has 204 valence electrons. The SMILES string of the molecule is CC(=O)N1CCN(CCOc2ccc(C3CCN(c4ccc5nnc(C(F)(F)F)n5n4)CC3)cc2)C[C@@H]1C. The van der Waals surface area contributed by atoms with Gasteiger partial charge in [0.15, 0.2) is 5.65 Å². The Bertz CT molecular complexity index is 1260. The van der Waals surface area contributed by atoms with Crippen molar-refractivity contribution in [1.82, 2.24) is 29.6 Å². The van der Waals surface area contributed by atoms with Crippen LogP contribution in [0, 0.1) is 0 Å². The lowest BCUT2D eigenvalue weighted by Gasteiger charge is -2.39. The maximum absolute atomic E-state index is 13.2. The number of fused-ring (bicyclic) bond motifs is 1. The van der Waals surface area contributed by atoms with E-state index in [1.165, 1.54) is 11.6 Å². The van der Waals surface area contributed by atoms with E-state index in [0.717, 1.165) is 49.3 Å². The monoisotopic (exact) mass is 531 g/mol. The number of piperidine rings is 1. The van der Waals surface area contributed by atoms with E-state index in [1.54, 1.807) is 13.0 Å². The summed E-state index contributed by atoms with van der Waals surface area (Å²) in [5, 5.41) is 11.0. The zero-order valence-corrected chi connectivity index (χ0v) is 21.6. The molecule has 38 heavy (non-hydrogen) atoms. The molecule has 0 radical (unpaired) electrons. The molecule has 9 nitrogen and oxygen atoms in total. The first-order chi connectivity index (χ1) is 18.2. The lowest BCUT2D eigenvalue weighted by molar-refractivity contribution is -0.146. The van der Waals surface area contributed by atoms with Crippen LogP contribution in [0.2, 0.25) is 0 Å². The molecule has 0 N–H and O–H groups in total. The number of amides is 1. The minimum absolute atomic E-state index is 0.0726. The van der Waals surface area contributed by atoms with E-state index in [1.807, 2.05) is 21.9 Å². The van der Waals surface area contributed by atoms with Gasteiger partial charge >= 0.3 is 6.18 Å². The minimum atomic E-state index is -4.61. The van der Waals surface area contributed by atoms with E-state index < -0.39 is 12.0 Å². The average Bonchev–Trinajstić information content (AvgIpc) is 3.33. The van der Waals surface area contributed by atoms with Crippen molar-refractivity contribution < 1.29 is 22.7 Å². The second-order valence-electron chi connectivity index (χ2n) is 10.0. The van der Waals surface area contributed by atoms with E-state index in [2.05, 4.69) is 39.3 Å². The van der Waals surface area contributed by atoms with Crippen molar-refractivity contribution >= 4 is 17.4 Å². The Morgan fingerprint density at radius 1 is 1.03 bits per heavy atom. The number of halogens is 3. The van der Waals surface area contributed by atoms with Crippen LogP contribution in [0.4, 0.5) is 19.0 Å². The topological polar surface area (TPSA) is 79.1 Å². The zero-order valence-electron chi connectivity index (χ0n) is 21.6. The molecule has 0 saturated carbocycles. The number of carbonyl (C=O) groups excluding carboxylic acids is 1. The summed E-state index contributed by atoms with van der Waals surface area (Å²) in [6, 6.07) is 11.6. The van der Waals surface area contributed by atoms with Crippen LogP contribution in [0.1, 0.15) is 44.0 Å². The predicted molar refractivity (Wildman–Crippen MR) is 135 cm³/mol. The van der Waals surface area contributed by atoms with Gasteiger partial charge in [0.1, 0.15) is 18.2 Å². The molecule has 5 rings (SSSR count). The first kappa shape index (κ1) is 26.2. The van der Waals surface area contributed by atoms with Crippen LogP contribution in [-0.2, 0) is 11.0 Å². The van der Waals surface area contributed by atoms with Gasteiger partial charge in [-0.25, -0.2) is 0 Å². The van der Waals surface area contributed by atoms with Crippen LogP contribution in [0.5, 0.6) is 5.75 Å². The largest absolute Gasteiger partial charge is 0.492 e. The molecule has 1 atom stereocenters. The van der Waals surface area contributed by atoms with Gasteiger partial charge in [0, 0.05) is 52.2 Å². The van der Waals surface area contributed by atoms with Crippen molar-refractivity contribution in [3.05, 3.63) is 47.8 Å². The van der Waals surface area contributed by atoms with Gasteiger partial charge in [-0.3, -0.25) is 9.69 Å². The molecule has 0 spiro atoms. The maximum Gasteiger partial charge on any atom is 0.453 e.